The average molecular weight is 337 g/mol. The van der Waals surface area contributed by atoms with Gasteiger partial charge in [0.05, 0.1) is 10.0 Å². The zero-order chi connectivity index (χ0) is 14.8. The molecule has 0 unspecified atom stereocenters. The summed E-state index contributed by atoms with van der Waals surface area (Å²) in [6.07, 6.45) is 2.61. The predicted molar refractivity (Wildman–Crippen MR) is 81.6 cm³/mol. The molecule has 1 heterocycles. The minimum absolute atomic E-state index is 0.0145. The van der Waals surface area contributed by atoms with E-state index >= 15 is 0 Å². The number of piperidine rings is 1. The molecular weight excluding hydrogens is 319 g/mol. The van der Waals surface area contributed by atoms with Crippen molar-refractivity contribution in [1.29, 1.82) is 0 Å². The molecule has 1 saturated heterocycles. The maximum atomic E-state index is 12.6. The number of halogens is 2. The van der Waals surface area contributed by atoms with Crippen LogP contribution in [0.25, 0.3) is 0 Å². The molecule has 0 bridgehead atoms. The fourth-order valence-electron chi connectivity index (χ4n) is 2.53. The lowest BCUT2D eigenvalue weighted by Crippen LogP contribution is -2.39. The van der Waals surface area contributed by atoms with Gasteiger partial charge in [-0.1, -0.05) is 29.3 Å². The van der Waals surface area contributed by atoms with Crippen LogP contribution in [-0.2, 0) is 10.0 Å². The first-order valence-electron chi connectivity index (χ1n) is 6.61. The number of hydrogen-bond donors (Lipinski definition) is 1. The van der Waals surface area contributed by atoms with Crippen LogP contribution < -0.4 is 5.73 Å². The van der Waals surface area contributed by atoms with E-state index in [0.29, 0.717) is 25.6 Å². The molecule has 1 aliphatic heterocycles. The number of benzene rings is 1. The SMILES string of the molecule is NCCC1CCN(S(=O)(=O)c2c(Cl)cccc2Cl)CC1. The molecule has 1 fully saturated rings. The fraction of sp³-hybridized carbons (Fsp3) is 0.538. The third-order valence-electron chi connectivity index (χ3n) is 3.67. The fourth-order valence-corrected chi connectivity index (χ4v) is 5.09. The van der Waals surface area contributed by atoms with Crippen LogP contribution in [0.3, 0.4) is 0 Å². The van der Waals surface area contributed by atoms with Gasteiger partial charge in [-0.3, -0.25) is 0 Å². The van der Waals surface area contributed by atoms with Crippen LogP contribution in [0.4, 0.5) is 0 Å². The van der Waals surface area contributed by atoms with E-state index in [1.807, 2.05) is 0 Å². The van der Waals surface area contributed by atoms with E-state index in [1.165, 1.54) is 4.31 Å². The van der Waals surface area contributed by atoms with Crippen molar-refractivity contribution in [1.82, 2.24) is 4.31 Å². The second-order valence-electron chi connectivity index (χ2n) is 4.98. The molecule has 0 radical (unpaired) electrons. The molecule has 20 heavy (non-hydrogen) atoms. The molecule has 0 spiro atoms. The smallest absolute Gasteiger partial charge is 0.246 e. The molecule has 2 rings (SSSR count). The van der Waals surface area contributed by atoms with Crippen molar-refractivity contribution in [3.63, 3.8) is 0 Å². The summed E-state index contributed by atoms with van der Waals surface area (Å²) in [7, 11) is -3.62. The second kappa shape index (κ2) is 6.62. The first-order chi connectivity index (χ1) is 9.46. The van der Waals surface area contributed by atoms with Crippen molar-refractivity contribution in [2.24, 2.45) is 11.7 Å². The summed E-state index contributed by atoms with van der Waals surface area (Å²) < 4.78 is 26.7. The van der Waals surface area contributed by atoms with E-state index < -0.39 is 10.0 Å². The Kier molecular flexibility index (Phi) is 5.31. The summed E-state index contributed by atoms with van der Waals surface area (Å²) in [6.45, 7) is 1.64. The molecule has 0 saturated carbocycles. The van der Waals surface area contributed by atoms with E-state index in [-0.39, 0.29) is 14.9 Å². The van der Waals surface area contributed by atoms with Crippen molar-refractivity contribution >= 4 is 33.2 Å². The van der Waals surface area contributed by atoms with Gasteiger partial charge in [0.2, 0.25) is 10.0 Å². The highest BCUT2D eigenvalue weighted by Gasteiger charge is 2.32. The molecule has 112 valence electrons. The minimum atomic E-state index is -3.62. The highest BCUT2D eigenvalue weighted by atomic mass is 35.5. The lowest BCUT2D eigenvalue weighted by Gasteiger charge is -2.31. The Morgan fingerprint density at radius 1 is 1.20 bits per heavy atom. The maximum Gasteiger partial charge on any atom is 0.246 e. The quantitative estimate of drug-likeness (QED) is 0.919. The number of nitrogens with two attached hydrogens (primary N) is 1. The normalized spacial score (nSPS) is 18.4. The maximum absolute atomic E-state index is 12.6. The molecule has 4 nitrogen and oxygen atoms in total. The summed E-state index contributed by atoms with van der Waals surface area (Å²) in [5.41, 5.74) is 5.54. The van der Waals surface area contributed by atoms with Crippen molar-refractivity contribution in [3.8, 4) is 0 Å². The topological polar surface area (TPSA) is 63.4 Å². The first kappa shape index (κ1) is 16.0. The van der Waals surface area contributed by atoms with Crippen molar-refractivity contribution in [2.45, 2.75) is 24.2 Å². The molecule has 1 aromatic rings. The highest BCUT2D eigenvalue weighted by molar-refractivity contribution is 7.89. The predicted octanol–water partition coefficient (Wildman–Crippen LogP) is 2.74. The van der Waals surface area contributed by atoms with Crippen molar-refractivity contribution in [3.05, 3.63) is 28.2 Å². The Labute approximate surface area is 129 Å². The van der Waals surface area contributed by atoms with Crippen molar-refractivity contribution in [2.75, 3.05) is 19.6 Å². The molecule has 1 aliphatic rings. The highest BCUT2D eigenvalue weighted by Crippen LogP contribution is 2.33. The van der Waals surface area contributed by atoms with Crippen LogP contribution in [0.15, 0.2) is 23.1 Å². The van der Waals surface area contributed by atoms with Crippen LogP contribution >= 0.6 is 23.2 Å². The first-order valence-corrected chi connectivity index (χ1v) is 8.80. The van der Waals surface area contributed by atoms with Gasteiger partial charge < -0.3 is 5.73 Å². The van der Waals surface area contributed by atoms with Crippen LogP contribution in [0.1, 0.15) is 19.3 Å². The molecule has 0 aromatic heterocycles. The summed E-state index contributed by atoms with van der Waals surface area (Å²) in [5, 5.41) is 0.336. The van der Waals surface area contributed by atoms with Crippen LogP contribution in [0.2, 0.25) is 10.0 Å². The van der Waals surface area contributed by atoms with E-state index in [9.17, 15) is 8.42 Å². The summed E-state index contributed by atoms with van der Waals surface area (Å²) in [4.78, 5) is 0.0145. The third-order valence-corrected chi connectivity index (χ3v) is 6.52. The second-order valence-corrected chi connectivity index (χ2v) is 7.66. The van der Waals surface area contributed by atoms with Gasteiger partial charge in [0.15, 0.2) is 0 Å². The number of hydrogen-bond acceptors (Lipinski definition) is 3. The van der Waals surface area contributed by atoms with Gasteiger partial charge >= 0.3 is 0 Å². The molecule has 1 aromatic carbocycles. The lowest BCUT2D eigenvalue weighted by molar-refractivity contribution is 0.266. The molecule has 0 amide bonds. The largest absolute Gasteiger partial charge is 0.330 e. The van der Waals surface area contributed by atoms with E-state index in [4.69, 9.17) is 28.9 Å². The summed E-state index contributed by atoms with van der Waals surface area (Å²) in [5.74, 6) is 0.508. The number of nitrogens with zero attached hydrogens (tertiary/aromatic N) is 1. The van der Waals surface area contributed by atoms with Crippen LogP contribution in [0.5, 0.6) is 0 Å². The zero-order valence-electron chi connectivity index (χ0n) is 11.1. The van der Waals surface area contributed by atoms with E-state index in [1.54, 1.807) is 18.2 Å². The molecule has 0 aliphatic carbocycles. The number of rotatable bonds is 4. The van der Waals surface area contributed by atoms with Gasteiger partial charge in [0, 0.05) is 13.1 Å². The Bertz CT molecular complexity index is 549. The van der Waals surface area contributed by atoms with Crippen LogP contribution in [-0.4, -0.2) is 32.4 Å². The molecular formula is C13H18Cl2N2O2S. The van der Waals surface area contributed by atoms with Gasteiger partial charge in [-0.15, -0.1) is 0 Å². The van der Waals surface area contributed by atoms with E-state index in [2.05, 4.69) is 0 Å². The zero-order valence-corrected chi connectivity index (χ0v) is 13.4. The lowest BCUT2D eigenvalue weighted by atomic mass is 9.95. The van der Waals surface area contributed by atoms with Gasteiger partial charge in [-0.25, -0.2) is 8.42 Å². The summed E-state index contributed by atoms with van der Waals surface area (Å²) >= 11 is 12.0. The molecule has 0 atom stereocenters. The monoisotopic (exact) mass is 336 g/mol. The Hall–Kier alpha value is -0.330. The molecule has 2 N–H and O–H groups in total. The van der Waals surface area contributed by atoms with Gasteiger partial charge in [-0.05, 0) is 43.9 Å². The van der Waals surface area contributed by atoms with Crippen LogP contribution in [0, 0.1) is 5.92 Å². The standard InChI is InChI=1S/C13H18Cl2N2O2S/c14-11-2-1-3-12(15)13(11)20(18,19)17-8-5-10(4-7-16)6-9-17/h1-3,10H,4-9,16H2. The van der Waals surface area contributed by atoms with Crippen molar-refractivity contribution < 1.29 is 8.42 Å². The Morgan fingerprint density at radius 3 is 2.25 bits per heavy atom. The Balaban J connectivity index is 2.20. The summed E-state index contributed by atoms with van der Waals surface area (Å²) in [6, 6.07) is 4.72. The Morgan fingerprint density at radius 2 is 1.75 bits per heavy atom. The van der Waals surface area contributed by atoms with E-state index in [0.717, 1.165) is 19.3 Å². The minimum Gasteiger partial charge on any atom is -0.330 e. The van der Waals surface area contributed by atoms with Gasteiger partial charge in [0.25, 0.3) is 0 Å². The third kappa shape index (κ3) is 3.28. The van der Waals surface area contributed by atoms with Gasteiger partial charge in [-0.2, -0.15) is 4.31 Å². The average Bonchev–Trinajstić information content (AvgIpc) is 2.39. The molecule has 7 heteroatoms. The van der Waals surface area contributed by atoms with Gasteiger partial charge in [0.1, 0.15) is 4.90 Å². The number of sulfonamides is 1.